The average molecular weight is 355 g/mol. The first-order chi connectivity index (χ1) is 12.0. The summed E-state index contributed by atoms with van der Waals surface area (Å²) in [6, 6.07) is 9.83. The van der Waals surface area contributed by atoms with E-state index in [9.17, 15) is 4.79 Å². The smallest absolute Gasteiger partial charge is 0.238 e. The summed E-state index contributed by atoms with van der Waals surface area (Å²) in [4.78, 5) is 21.6. The van der Waals surface area contributed by atoms with Crippen molar-refractivity contribution >= 4 is 34.4 Å². The van der Waals surface area contributed by atoms with E-state index in [0.717, 1.165) is 15.9 Å². The summed E-state index contributed by atoms with van der Waals surface area (Å²) in [5.41, 5.74) is 0.892. The maximum atomic E-state index is 12.6. The van der Waals surface area contributed by atoms with Crippen molar-refractivity contribution in [1.82, 2.24) is 19.7 Å². The Morgan fingerprint density at radius 1 is 1.16 bits per heavy atom. The van der Waals surface area contributed by atoms with Crippen LogP contribution >= 0.6 is 11.8 Å². The summed E-state index contributed by atoms with van der Waals surface area (Å²) in [5.74, 6) is 1.33. The lowest BCUT2D eigenvalue weighted by molar-refractivity contribution is -0.115. The standard InChI is InChI=1S/C18H21N5OS/c1-11(2)23-16(9-10-19-23)22-17(24)12(3)25-18-14-7-5-6-8-15(14)20-13(4)21-18/h5-12H,1-4H3,(H,22,24)/t12-/m1/s1. The van der Waals surface area contributed by atoms with E-state index in [4.69, 9.17) is 0 Å². The average Bonchev–Trinajstić information content (AvgIpc) is 3.03. The third-order valence-electron chi connectivity index (χ3n) is 3.75. The van der Waals surface area contributed by atoms with Gasteiger partial charge in [0, 0.05) is 17.5 Å². The van der Waals surface area contributed by atoms with Crippen molar-refractivity contribution in [1.29, 1.82) is 0 Å². The Labute approximate surface area is 151 Å². The number of fused-ring (bicyclic) bond motifs is 1. The molecule has 6 nitrogen and oxygen atoms in total. The van der Waals surface area contributed by atoms with Gasteiger partial charge in [-0.1, -0.05) is 30.0 Å². The molecule has 0 saturated carbocycles. The first-order valence-electron chi connectivity index (χ1n) is 8.20. The van der Waals surface area contributed by atoms with E-state index in [1.165, 1.54) is 11.8 Å². The Morgan fingerprint density at radius 3 is 2.68 bits per heavy atom. The molecule has 2 heterocycles. The number of anilines is 1. The first-order valence-corrected chi connectivity index (χ1v) is 9.08. The number of carbonyl (C=O) groups is 1. The second-order valence-corrected chi connectivity index (χ2v) is 7.43. The molecule has 0 fully saturated rings. The quantitative estimate of drug-likeness (QED) is 0.556. The van der Waals surface area contributed by atoms with Crippen molar-refractivity contribution in [3.8, 4) is 0 Å². The Balaban J connectivity index is 1.79. The number of benzene rings is 1. The largest absolute Gasteiger partial charge is 0.310 e. The number of rotatable bonds is 5. The maximum Gasteiger partial charge on any atom is 0.238 e. The predicted molar refractivity (Wildman–Crippen MR) is 101 cm³/mol. The van der Waals surface area contributed by atoms with Gasteiger partial charge in [0.25, 0.3) is 0 Å². The van der Waals surface area contributed by atoms with E-state index in [2.05, 4.69) is 20.4 Å². The lowest BCUT2D eigenvalue weighted by atomic mass is 10.2. The summed E-state index contributed by atoms with van der Waals surface area (Å²) in [6.45, 7) is 7.79. The molecule has 1 atom stereocenters. The van der Waals surface area contributed by atoms with Crippen LogP contribution in [-0.2, 0) is 4.79 Å². The van der Waals surface area contributed by atoms with Crippen LogP contribution in [0.15, 0.2) is 41.6 Å². The minimum absolute atomic E-state index is 0.0762. The number of carbonyl (C=O) groups excluding carboxylic acids is 1. The molecular weight excluding hydrogens is 334 g/mol. The second-order valence-electron chi connectivity index (χ2n) is 6.10. The van der Waals surface area contributed by atoms with Crippen molar-refractivity contribution in [2.45, 2.75) is 44.0 Å². The van der Waals surface area contributed by atoms with Gasteiger partial charge >= 0.3 is 0 Å². The number of aryl methyl sites for hydroxylation is 1. The highest BCUT2D eigenvalue weighted by Crippen LogP contribution is 2.29. The molecular formula is C18H21N5OS. The van der Waals surface area contributed by atoms with E-state index < -0.39 is 0 Å². The number of hydrogen-bond acceptors (Lipinski definition) is 5. The minimum Gasteiger partial charge on any atom is -0.310 e. The van der Waals surface area contributed by atoms with E-state index in [0.29, 0.717) is 11.6 Å². The number of hydrogen-bond donors (Lipinski definition) is 1. The van der Waals surface area contributed by atoms with Crippen molar-refractivity contribution < 1.29 is 4.79 Å². The van der Waals surface area contributed by atoms with Gasteiger partial charge in [-0.3, -0.25) is 4.79 Å². The summed E-state index contributed by atoms with van der Waals surface area (Å²) in [5, 5.41) is 8.68. The minimum atomic E-state index is -0.298. The highest BCUT2D eigenvalue weighted by Gasteiger charge is 2.19. The topological polar surface area (TPSA) is 72.7 Å². The lowest BCUT2D eigenvalue weighted by Gasteiger charge is -2.15. The number of thioether (sulfide) groups is 1. The van der Waals surface area contributed by atoms with E-state index >= 15 is 0 Å². The summed E-state index contributed by atoms with van der Waals surface area (Å²) in [7, 11) is 0. The monoisotopic (exact) mass is 355 g/mol. The van der Waals surface area contributed by atoms with Gasteiger partial charge in [0.1, 0.15) is 16.7 Å². The van der Waals surface area contributed by atoms with Crippen LogP contribution in [0.1, 0.15) is 32.6 Å². The van der Waals surface area contributed by atoms with Crippen molar-refractivity contribution in [3.63, 3.8) is 0 Å². The predicted octanol–water partition coefficient (Wildman–Crippen LogP) is 3.83. The fraction of sp³-hybridized carbons (Fsp3) is 0.333. The zero-order valence-electron chi connectivity index (χ0n) is 14.7. The molecule has 130 valence electrons. The molecule has 0 unspecified atom stereocenters. The van der Waals surface area contributed by atoms with Crippen LogP contribution in [0.5, 0.6) is 0 Å². The van der Waals surface area contributed by atoms with Crippen molar-refractivity contribution in [2.75, 3.05) is 5.32 Å². The molecule has 0 aliphatic carbocycles. The number of amides is 1. The summed E-state index contributed by atoms with van der Waals surface area (Å²) in [6.07, 6.45) is 1.69. The van der Waals surface area contributed by atoms with E-state index in [1.807, 2.05) is 52.0 Å². The van der Waals surface area contributed by atoms with Gasteiger partial charge in [-0.25, -0.2) is 14.6 Å². The van der Waals surface area contributed by atoms with Crippen LogP contribution in [0.3, 0.4) is 0 Å². The third-order valence-corrected chi connectivity index (χ3v) is 4.85. The molecule has 1 aromatic carbocycles. The van der Waals surface area contributed by atoms with Crippen LogP contribution in [-0.4, -0.2) is 30.9 Å². The van der Waals surface area contributed by atoms with Gasteiger partial charge in [-0.2, -0.15) is 5.10 Å². The molecule has 2 aromatic heterocycles. The Kier molecular flexibility index (Phi) is 5.03. The summed E-state index contributed by atoms with van der Waals surface area (Å²) >= 11 is 1.44. The fourth-order valence-corrected chi connectivity index (χ4v) is 3.51. The molecule has 7 heteroatoms. The highest BCUT2D eigenvalue weighted by atomic mass is 32.2. The van der Waals surface area contributed by atoms with Gasteiger partial charge in [0.05, 0.1) is 17.0 Å². The van der Waals surface area contributed by atoms with Gasteiger partial charge in [-0.15, -0.1) is 0 Å². The number of nitrogens with zero attached hydrogens (tertiary/aromatic N) is 4. The highest BCUT2D eigenvalue weighted by molar-refractivity contribution is 8.00. The normalized spacial score (nSPS) is 12.5. The molecule has 3 aromatic rings. The van der Waals surface area contributed by atoms with Crippen LogP contribution in [0.25, 0.3) is 10.9 Å². The van der Waals surface area contributed by atoms with Crippen LogP contribution in [0.4, 0.5) is 5.82 Å². The van der Waals surface area contributed by atoms with Crippen LogP contribution in [0, 0.1) is 6.92 Å². The first kappa shape index (κ1) is 17.4. The van der Waals surface area contributed by atoms with Crippen molar-refractivity contribution in [2.24, 2.45) is 0 Å². The Morgan fingerprint density at radius 2 is 1.92 bits per heavy atom. The molecule has 0 aliphatic heterocycles. The number of aromatic nitrogens is 4. The Bertz CT molecular complexity index is 905. The lowest BCUT2D eigenvalue weighted by Crippen LogP contribution is -2.24. The Hall–Kier alpha value is -2.41. The molecule has 25 heavy (non-hydrogen) atoms. The molecule has 3 rings (SSSR count). The molecule has 0 saturated heterocycles. The molecule has 0 spiro atoms. The third kappa shape index (κ3) is 3.82. The SMILES string of the molecule is Cc1nc(S[C@H](C)C(=O)Nc2ccnn2C(C)C)c2ccccc2n1. The zero-order chi connectivity index (χ0) is 18.0. The van der Waals surface area contributed by atoms with Gasteiger partial charge < -0.3 is 5.32 Å². The van der Waals surface area contributed by atoms with Crippen LogP contribution in [0.2, 0.25) is 0 Å². The molecule has 0 aliphatic rings. The zero-order valence-corrected chi connectivity index (χ0v) is 15.5. The molecule has 0 radical (unpaired) electrons. The van der Waals surface area contributed by atoms with Gasteiger partial charge in [0.15, 0.2) is 0 Å². The second kappa shape index (κ2) is 7.23. The van der Waals surface area contributed by atoms with Crippen molar-refractivity contribution in [3.05, 3.63) is 42.4 Å². The molecule has 1 N–H and O–H groups in total. The number of nitrogens with one attached hydrogen (secondary N) is 1. The fourth-order valence-electron chi connectivity index (χ4n) is 2.52. The molecule has 1 amide bonds. The maximum absolute atomic E-state index is 12.6. The van der Waals surface area contributed by atoms with Gasteiger partial charge in [-0.05, 0) is 33.8 Å². The number of para-hydroxylation sites is 1. The van der Waals surface area contributed by atoms with E-state index in [-0.39, 0.29) is 17.2 Å². The van der Waals surface area contributed by atoms with Gasteiger partial charge in [0.2, 0.25) is 5.91 Å². The molecule has 0 bridgehead atoms. The van der Waals surface area contributed by atoms with Crippen LogP contribution < -0.4 is 5.32 Å². The summed E-state index contributed by atoms with van der Waals surface area (Å²) < 4.78 is 1.79. The van der Waals surface area contributed by atoms with E-state index in [1.54, 1.807) is 16.9 Å².